The van der Waals surface area contributed by atoms with Crippen LogP contribution in [0.25, 0.3) is 0 Å². The lowest BCUT2D eigenvalue weighted by Gasteiger charge is -2.45. The maximum absolute atomic E-state index is 11.7. The fraction of sp³-hybridized carbons (Fsp3) is 0.875. The third-order valence-corrected chi connectivity index (χ3v) is 4.33. The molecule has 1 N–H and O–H groups in total. The van der Waals surface area contributed by atoms with Crippen LogP contribution in [0.2, 0.25) is 0 Å². The number of carbonyl (C=O) groups is 2. The molecule has 0 saturated carbocycles. The van der Waals surface area contributed by atoms with Gasteiger partial charge in [-0.05, 0) is 37.5 Å². The molecule has 3 unspecified atom stereocenters. The first-order valence-electron chi connectivity index (χ1n) is 7.83. The Morgan fingerprint density at radius 3 is 2.48 bits per heavy atom. The Labute approximate surface area is 127 Å². The molecule has 5 nitrogen and oxygen atoms in total. The number of nitrogens with zero attached hydrogens (tertiary/aromatic N) is 1. The standard InChI is InChI=1S/C16H29NO4/c1-6-21-14(18)11(2)9-12-7-8-17(15(19)20)13(10-12)16(3,4)5/h11-13H,6-10H2,1-5H3,(H,19,20). The average molecular weight is 299 g/mol. The molecule has 122 valence electrons. The normalized spacial score (nSPS) is 24.5. The van der Waals surface area contributed by atoms with Gasteiger partial charge in [0.05, 0.1) is 12.5 Å². The average Bonchev–Trinajstić information content (AvgIpc) is 2.37. The highest BCUT2D eigenvalue weighted by molar-refractivity contribution is 5.72. The molecule has 0 aliphatic carbocycles. The predicted molar refractivity (Wildman–Crippen MR) is 81.1 cm³/mol. The molecule has 1 amide bonds. The number of ether oxygens (including phenoxy) is 1. The van der Waals surface area contributed by atoms with E-state index < -0.39 is 6.09 Å². The van der Waals surface area contributed by atoms with E-state index in [1.807, 2.05) is 13.8 Å². The first kappa shape index (κ1) is 17.8. The van der Waals surface area contributed by atoms with Crippen molar-refractivity contribution in [3.8, 4) is 0 Å². The molecule has 21 heavy (non-hydrogen) atoms. The summed E-state index contributed by atoms with van der Waals surface area (Å²) in [6, 6.07) is 0.00291. The van der Waals surface area contributed by atoms with E-state index in [4.69, 9.17) is 4.74 Å². The van der Waals surface area contributed by atoms with Crippen molar-refractivity contribution in [3.63, 3.8) is 0 Å². The van der Waals surface area contributed by atoms with Gasteiger partial charge in [-0.2, -0.15) is 0 Å². The summed E-state index contributed by atoms with van der Waals surface area (Å²) in [5, 5.41) is 9.35. The number of piperidine rings is 1. The molecule has 1 aliphatic rings. The maximum Gasteiger partial charge on any atom is 0.407 e. The van der Waals surface area contributed by atoms with Crippen molar-refractivity contribution in [2.75, 3.05) is 13.2 Å². The molecule has 0 radical (unpaired) electrons. The van der Waals surface area contributed by atoms with Crippen molar-refractivity contribution in [3.05, 3.63) is 0 Å². The molecule has 3 atom stereocenters. The van der Waals surface area contributed by atoms with Gasteiger partial charge in [0, 0.05) is 12.6 Å². The van der Waals surface area contributed by atoms with E-state index in [9.17, 15) is 14.7 Å². The molecule has 1 fully saturated rings. The fourth-order valence-corrected chi connectivity index (χ4v) is 3.18. The lowest BCUT2D eigenvalue weighted by molar-refractivity contribution is -0.148. The second-order valence-corrected chi connectivity index (χ2v) is 7.14. The Bertz CT molecular complexity index is 375. The lowest BCUT2D eigenvalue weighted by Crippen LogP contribution is -2.51. The summed E-state index contributed by atoms with van der Waals surface area (Å²) in [6.07, 6.45) is 1.58. The van der Waals surface area contributed by atoms with E-state index >= 15 is 0 Å². The number of hydrogen-bond donors (Lipinski definition) is 1. The van der Waals surface area contributed by atoms with Crippen LogP contribution in [0.3, 0.4) is 0 Å². The first-order chi connectivity index (χ1) is 9.66. The molecule has 0 spiro atoms. The van der Waals surface area contributed by atoms with Gasteiger partial charge in [-0.15, -0.1) is 0 Å². The number of carbonyl (C=O) groups excluding carboxylic acids is 1. The Kier molecular flexibility index (Phi) is 6.05. The van der Waals surface area contributed by atoms with Crippen LogP contribution >= 0.6 is 0 Å². The third kappa shape index (κ3) is 4.90. The topological polar surface area (TPSA) is 66.8 Å². The minimum Gasteiger partial charge on any atom is -0.466 e. The highest BCUT2D eigenvalue weighted by Crippen LogP contribution is 2.37. The van der Waals surface area contributed by atoms with Gasteiger partial charge in [0.2, 0.25) is 0 Å². The largest absolute Gasteiger partial charge is 0.466 e. The zero-order valence-electron chi connectivity index (χ0n) is 13.9. The van der Waals surface area contributed by atoms with E-state index in [0.717, 1.165) is 19.3 Å². The second kappa shape index (κ2) is 7.14. The van der Waals surface area contributed by atoms with Gasteiger partial charge in [-0.3, -0.25) is 4.79 Å². The molecule has 0 bridgehead atoms. The summed E-state index contributed by atoms with van der Waals surface area (Å²) >= 11 is 0. The van der Waals surface area contributed by atoms with Crippen LogP contribution in [-0.4, -0.2) is 41.3 Å². The highest BCUT2D eigenvalue weighted by Gasteiger charge is 2.39. The fourth-order valence-electron chi connectivity index (χ4n) is 3.18. The van der Waals surface area contributed by atoms with E-state index in [2.05, 4.69) is 20.8 Å². The van der Waals surface area contributed by atoms with Gasteiger partial charge < -0.3 is 14.7 Å². The van der Waals surface area contributed by atoms with Crippen LogP contribution in [0.15, 0.2) is 0 Å². The number of carboxylic acid groups (broad SMARTS) is 1. The zero-order chi connectivity index (χ0) is 16.2. The number of hydrogen-bond acceptors (Lipinski definition) is 3. The van der Waals surface area contributed by atoms with Gasteiger partial charge in [0.1, 0.15) is 0 Å². The zero-order valence-corrected chi connectivity index (χ0v) is 13.9. The molecule has 1 aliphatic heterocycles. The monoisotopic (exact) mass is 299 g/mol. The first-order valence-corrected chi connectivity index (χ1v) is 7.83. The summed E-state index contributed by atoms with van der Waals surface area (Å²) < 4.78 is 5.06. The van der Waals surface area contributed by atoms with Crippen LogP contribution in [0.1, 0.15) is 53.9 Å². The molecular weight excluding hydrogens is 270 g/mol. The summed E-state index contributed by atoms with van der Waals surface area (Å²) in [7, 11) is 0. The quantitative estimate of drug-likeness (QED) is 0.808. The number of amides is 1. The van der Waals surface area contributed by atoms with Crippen molar-refractivity contribution < 1.29 is 19.4 Å². The summed E-state index contributed by atoms with van der Waals surface area (Å²) in [4.78, 5) is 24.7. The van der Waals surface area contributed by atoms with E-state index in [0.29, 0.717) is 19.1 Å². The Morgan fingerprint density at radius 2 is 2.00 bits per heavy atom. The number of rotatable bonds is 4. The summed E-state index contributed by atoms with van der Waals surface area (Å²) in [5.41, 5.74) is -0.0930. The molecule has 0 aromatic carbocycles. The van der Waals surface area contributed by atoms with Crippen molar-refractivity contribution in [1.29, 1.82) is 0 Å². The minimum absolute atomic E-state index is 0.00291. The van der Waals surface area contributed by atoms with Crippen LogP contribution in [0.4, 0.5) is 4.79 Å². The number of esters is 1. The van der Waals surface area contributed by atoms with Crippen molar-refractivity contribution in [2.45, 2.75) is 59.9 Å². The predicted octanol–water partition coefficient (Wildman–Crippen LogP) is 3.38. The van der Waals surface area contributed by atoms with Gasteiger partial charge >= 0.3 is 12.1 Å². The van der Waals surface area contributed by atoms with Crippen LogP contribution < -0.4 is 0 Å². The third-order valence-electron chi connectivity index (χ3n) is 4.33. The van der Waals surface area contributed by atoms with Crippen molar-refractivity contribution in [2.24, 2.45) is 17.3 Å². The lowest BCUT2D eigenvalue weighted by atomic mass is 9.75. The number of likely N-dealkylation sites (tertiary alicyclic amines) is 1. The van der Waals surface area contributed by atoms with Crippen LogP contribution in [0, 0.1) is 17.3 Å². The van der Waals surface area contributed by atoms with Gasteiger partial charge in [0.25, 0.3) is 0 Å². The molecule has 0 aromatic heterocycles. The van der Waals surface area contributed by atoms with Crippen molar-refractivity contribution >= 4 is 12.1 Å². The molecular formula is C16H29NO4. The van der Waals surface area contributed by atoms with Gasteiger partial charge in [-0.25, -0.2) is 4.79 Å². The smallest absolute Gasteiger partial charge is 0.407 e. The summed E-state index contributed by atoms with van der Waals surface area (Å²) in [5.74, 6) is 0.113. The molecule has 0 aromatic rings. The minimum atomic E-state index is -0.841. The van der Waals surface area contributed by atoms with Crippen LogP contribution in [-0.2, 0) is 9.53 Å². The second-order valence-electron chi connectivity index (χ2n) is 7.14. The molecule has 1 heterocycles. The highest BCUT2D eigenvalue weighted by atomic mass is 16.5. The van der Waals surface area contributed by atoms with Gasteiger partial charge in [-0.1, -0.05) is 27.7 Å². The Hall–Kier alpha value is -1.26. The molecule has 1 rings (SSSR count). The van der Waals surface area contributed by atoms with E-state index in [1.54, 1.807) is 4.90 Å². The molecule has 1 saturated heterocycles. The summed E-state index contributed by atoms with van der Waals surface area (Å²) in [6.45, 7) is 10.9. The van der Waals surface area contributed by atoms with E-state index in [-0.39, 0.29) is 23.3 Å². The SMILES string of the molecule is CCOC(=O)C(C)CC1CCN(C(=O)O)C(C(C)(C)C)C1. The van der Waals surface area contributed by atoms with Crippen molar-refractivity contribution in [1.82, 2.24) is 4.90 Å². The maximum atomic E-state index is 11.7. The Balaban J connectivity index is 2.68. The Morgan fingerprint density at radius 1 is 1.38 bits per heavy atom. The van der Waals surface area contributed by atoms with Crippen LogP contribution in [0.5, 0.6) is 0 Å². The molecule has 5 heteroatoms. The van der Waals surface area contributed by atoms with E-state index in [1.165, 1.54) is 0 Å². The van der Waals surface area contributed by atoms with Gasteiger partial charge in [0.15, 0.2) is 0 Å².